The summed E-state index contributed by atoms with van der Waals surface area (Å²) in [5, 5.41) is 12.2. The molecule has 0 fully saturated rings. The van der Waals surface area contributed by atoms with Crippen LogP contribution >= 0.6 is 11.6 Å². The van der Waals surface area contributed by atoms with Crippen LogP contribution in [0, 0.1) is 25.2 Å². The molecular weight excluding hydrogens is 312 g/mol. The molecule has 0 spiro atoms. The molecule has 0 aliphatic carbocycles. The summed E-state index contributed by atoms with van der Waals surface area (Å²) in [4.78, 5) is 16.2. The fourth-order valence-corrected chi connectivity index (χ4v) is 2.69. The average Bonchev–Trinajstić information content (AvgIpc) is 2.49. The lowest BCUT2D eigenvalue weighted by molar-refractivity contribution is -0.116. The molecule has 2 rings (SSSR count). The van der Waals surface area contributed by atoms with Gasteiger partial charge in [0.15, 0.2) is 0 Å². The number of pyridine rings is 1. The predicted octanol–water partition coefficient (Wildman–Crippen LogP) is 3.38. The second-order valence-corrected chi connectivity index (χ2v) is 5.61. The van der Waals surface area contributed by atoms with E-state index in [0.717, 1.165) is 16.8 Å². The van der Waals surface area contributed by atoms with Crippen LogP contribution in [-0.2, 0) is 11.2 Å². The zero-order valence-corrected chi connectivity index (χ0v) is 13.7. The van der Waals surface area contributed by atoms with Crippen molar-refractivity contribution >= 4 is 28.9 Å². The second-order valence-electron chi connectivity index (χ2n) is 5.25. The third-order valence-electron chi connectivity index (χ3n) is 3.64. The lowest BCUT2D eigenvalue weighted by atomic mass is 9.99. The molecule has 6 heteroatoms. The highest BCUT2D eigenvalue weighted by Gasteiger charge is 2.14. The van der Waals surface area contributed by atoms with Crippen molar-refractivity contribution in [3.05, 3.63) is 51.8 Å². The number of halogens is 1. The van der Waals surface area contributed by atoms with Gasteiger partial charge in [0.25, 0.3) is 0 Å². The van der Waals surface area contributed by atoms with E-state index in [1.807, 2.05) is 13.8 Å². The molecule has 0 aliphatic rings. The summed E-state index contributed by atoms with van der Waals surface area (Å²) in [7, 11) is 0. The van der Waals surface area contributed by atoms with Crippen LogP contribution in [0.15, 0.2) is 24.3 Å². The Morgan fingerprint density at radius 2 is 2.00 bits per heavy atom. The van der Waals surface area contributed by atoms with Gasteiger partial charge >= 0.3 is 0 Å². The molecule has 0 radical (unpaired) electrons. The van der Waals surface area contributed by atoms with Crippen molar-refractivity contribution in [3.63, 3.8) is 0 Å². The van der Waals surface area contributed by atoms with Crippen LogP contribution in [-0.4, -0.2) is 10.9 Å². The first-order chi connectivity index (χ1) is 10.9. The normalized spacial score (nSPS) is 10.2. The number of amides is 1. The van der Waals surface area contributed by atoms with Crippen molar-refractivity contribution in [1.29, 1.82) is 5.26 Å². The number of aromatic nitrogens is 1. The third kappa shape index (κ3) is 3.99. The number of hydrogen-bond acceptors (Lipinski definition) is 4. The van der Waals surface area contributed by atoms with Gasteiger partial charge in [0.1, 0.15) is 11.2 Å². The molecule has 0 unspecified atom stereocenters. The average molecular weight is 329 g/mol. The second kappa shape index (κ2) is 7.12. The number of nitrogens with one attached hydrogen (secondary N) is 1. The Bertz CT molecular complexity index is 779. The van der Waals surface area contributed by atoms with Crippen molar-refractivity contribution in [2.45, 2.75) is 26.7 Å². The van der Waals surface area contributed by atoms with Gasteiger partial charge in [-0.1, -0.05) is 11.6 Å². The molecule has 0 aliphatic heterocycles. The molecular formula is C17H17ClN4O. The Morgan fingerprint density at radius 1 is 1.35 bits per heavy atom. The predicted molar refractivity (Wildman–Crippen MR) is 91.2 cm³/mol. The van der Waals surface area contributed by atoms with E-state index in [1.54, 1.807) is 24.3 Å². The van der Waals surface area contributed by atoms with E-state index < -0.39 is 0 Å². The van der Waals surface area contributed by atoms with Crippen LogP contribution < -0.4 is 11.1 Å². The summed E-state index contributed by atoms with van der Waals surface area (Å²) < 4.78 is 0. The molecule has 1 heterocycles. The largest absolute Gasteiger partial charge is 0.399 e. The van der Waals surface area contributed by atoms with Crippen molar-refractivity contribution < 1.29 is 4.79 Å². The molecule has 0 atom stereocenters. The first-order valence-corrected chi connectivity index (χ1v) is 7.51. The van der Waals surface area contributed by atoms with E-state index in [0.29, 0.717) is 29.8 Å². The molecule has 5 nitrogen and oxygen atoms in total. The van der Waals surface area contributed by atoms with Gasteiger partial charge in [-0.15, -0.1) is 0 Å². The fraction of sp³-hybridized carbons (Fsp3) is 0.235. The molecule has 0 bridgehead atoms. The van der Waals surface area contributed by atoms with Crippen molar-refractivity contribution in [3.8, 4) is 6.07 Å². The first kappa shape index (κ1) is 16.8. The Balaban J connectivity index is 2.07. The van der Waals surface area contributed by atoms with Crippen LogP contribution in [0.5, 0.6) is 0 Å². The lowest BCUT2D eigenvalue weighted by Gasteiger charge is -2.12. The minimum absolute atomic E-state index is 0.109. The Hall–Kier alpha value is -2.58. The molecule has 1 aromatic carbocycles. The van der Waals surface area contributed by atoms with E-state index in [2.05, 4.69) is 16.4 Å². The maximum Gasteiger partial charge on any atom is 0.224 e. The van der Waals surface area contributed by atoms with E-state index in [1.165, 1.54) is 0 Å². The number of benzene rings is 1. The van der Waals surface area contributed by atoms with Gasteiger partial charge in [0, 0.05) is 23.5 Å². The van der Waals surface area contributed by atoms with Gasteiger partial charge in [-0.2, -0.15) is 5.26 Å². The Labute approximate surface area is 140 Å². The topological polar surface area (TPSA) is 91.8 Å². The van der Waals surface area contributed by atoms with Gasteiger partial charge in [-0.3, -0.25) is 4.79 Å². The summed E-state index contributed by atoms with van der Waals surface area (Å²) in [6, 6.07) is 9.02. The molecule has 0 saturated carbocycles. The number of carbonyl (C=O) groups excluding carboxylic acids is 1. The maximum absolute atomic E-state index is 12.1. The highest BCUT2D eigenvalue weighted by Crippen LogP contribution is 2.24. The SMILES string of the molecule is Cc1nc(Cl)c(C#N)c(C)c1CCC(=O)Nc1ccc(N)cc1. The van der Waals surface area contributed by atoms with Gasteiger partial charge in [0.2, 0.25) is 5.91 Å². The Kier molecular flexibility index (Phi) is 5.20. The number of nitrogens with two attached hydrogens (primary N) is 1. The van der Waals surface area contributed by atoms with Crippen molar-refractivity contribution in [2.24, 2.45) is 0 Å². The van der Waals surface area contributed by atoms with E-state index in [4.69, 9.17) is 22.6 Å². The number of nitrogens with zero attached hydrogens (tertiary/aromatic N) is 2. The molecule has 1 aromatic heterocycles. The summed E-state index contributed by atoms with van der Waals surface area (Å²) in [6.45, 7) is 3.65. The zero-order valence-electron chi connectivity index (χ0n) is 13.0. The standard InChI is InChI=1S/C17H17ClN4O/c1-10-14(11(2)21-17(18)15(10)9-19)7-8-16(23)22-13-5-3-12(20)4-6-13/h3-6H,7-8,20H2,1-2H3,(H,22,23). The summed E-state index contributed by atoms with van der Waals surface area (Å²) in [6.07, 6.45) is 0.789. The van der Waals surface area contributed by atoms with Gasteiger partial charge in [-0.25, -0.2) is 4.98 Å². The van der Waals surface area contributed by atoms with Crippen LogP contribution in [0.4, 0.5) is 11.4 Å². The third-order valence-corrected chi connectivity index (χ3v) is 3.92. The number of hydrogen-bond donors (Lipinski definition) is 2. The van der Waals surface area contributed by atoms with Crippen LogP contribution in [0.25, 0.3) is 0 Å². The molecule has 0 saturated heterocycles. The number of nitriles is 1. The maximum atomic E-state index is 12.1. The fourth-order valence-electron chi connectivity index (χ4n) is 2.37. The summed E-state index contributed by atoms with van der Waals surface area (Å²) in [5.74, 6) is -0.109. The molecule has 23 heavy (non-hydrogen) atoms. The molecule has 3 N–H and O–H groups in total. The van der Waals surface area contributed by atoms with Gasteiger partial charge in [0.05, 0.1) is 5.56 Å². The smallest absolute Gasteiger partial charge is 0.224 e. The first-order valence-electron chi connectivity index (χ1n) is 7.13. The monoisotopic (exact) mass is 328 g/mol. The van der Waals surface area contributed by atoms with Crippen LogP contribution in [0.3, 0.4) is 0 Å². The van der Waals surface area contributed by atoms with Crippen molar-refractivity contribution in [2.75, 3.05) is 11.1 Å². The van der Waals surface area contributed by atoms with E-state index in [9.17, 15) is 4.79 Å². The van der Waals surface area contributed by atoms with E-state index in [-0.39, 0.29) is 11.1 Å². The van der Waals surface area contributed by atoms with Crippen LogP contribution in [0.2, 0.25) is 5.15 Å². The molecule has 2 aromatic rings. The van der Waals surface area contributed by atoms with Gasteiger partial charge < -0.3 is 11.1 Å². The highest BCUT2D eigenvalue weighted by molar-refractivity contribution is 6.30. The quantitative estimate of drug-likeness (QED) is 0.664. The molecule has 118 valence electrons. The number of aryl methyl sites for hydroxylation is 1. The van der Waals surface area contributed by atoms with Crippen molar-refractivity contribution in [1.82, 2.24) is 4.98 Å². The zero-order chi connectivity index (χ0) is 17.0. The number of nitrogen functional groups attached to an aromatic ring is 1. The number of anilines is 2. The summed E-state index contributed by atoms with van der Waals surface area (Å²) in [5.41, 5.74) is 9.73. The van der Waals surface area contributed by atoms with Crippen LogP contribution in [0.1, 0.15) is 28.8 Å². The molecule has 1 amide bonds. The number of carbonyl (C=O) groups is 1. The summed E-state index contributed by atoms with van der Waals surface area (Å²) >= 11 is 5.97. The van der Waals surface area contributed by atoms with E-state index >= 15 is 0 Å². The number of rotatable bonds is 4. The van der Waals surface area contributed by atoms with Gasteiger partial charge in [-0.05, 0) is 55.7 Å². The Morgan fingerprint density at radius 3 is 2.61 bits per heavy atom. The highest BCUT2D eigenvalue weighted by atomic mass is 35.5. The minimum Gasteiger partial charge on any atom is -0.399 e. The lowest BCUT2D eigenvalue weighted by Crippen LogP contribution is -2.13. The minimum atomic E-state index is -0.109.